The highest BCUT2D eigenvalue weighted by atomic mass is 16.5. The summed E-state index contributed by atoms with van der Waals surface area (Å²) in [6, 6.07) is 15.6. The zero-order valence-electron chi connectivity index (χ0n) is 19.6. The van der Waals surface area contributed by atoms with Gasteiger partial charge >= 0.3 is 0 Å². The van der Waals surface area contributed by atoms with Gasteiger partial charge in [0.2, 0.25) is 0 Å². The van der Waals surface area contributed by atoms with Crippen molar-refractivity contribution in [1.29, 1.82) is 0 Å². The molecule has 1 saturated heterocycles. The van der Waals surface area contributed by atoms with Gasteiger partial charge in [-0.2, -0.15) is 0 Å². The van der Waals surface area contributed by atoms with Crippen molar-refractivity contribution < 1.29 is 9.84 Å². The Labute approximate surface area is 191 Å². The highest BCUT2D eigenvalue weighted by molar-refractivity contribution is 5.66. The Balaban J connectivity index is 1.61. The molecule has 6 aliphatic rings. The summed E-state index contributed by atoms with van der Waals surface area (Å²) in [5.41, 5.74) is 3.98. The summed E-state index contributed by atoms with van der Waals surface area (Å²) in [4.78, 5) is 2.61. The number of benzene rings is 2. The lowest BCUT2D eigenvalue weighted by molar-refractivity contribution is -0.163. The molecule has 2 aliphatic heterocycles. The van der Waals surface area contributed by atoms with Crippen LogP contribution in [0.4, 0.5) is 0 Å². The minimum atomic E-state index is -0.207. The van der Waals surface area contributed by atoms with Crippen LogP contribution >= 0.6 is 0 Å². The van der Waals surface area contributed by atoms with Crippen LogP contribution in [0.25, 0.3) is 0 Å². The monoisotopic (exact) mass is 427 g/mol. The highest BCUT2D eigenvalue weighted by Gasteiger charge is 2.79. The molecule has 4 bridgehead atoms. The number of aromatic hydroxyl groups is 1. The first-order valence-corrected chi connectivity index (χ1v) is 12.2. The fraction of sp³-hybridized carbons (Fsp3) is 0.517. The zero-order valence-corrected chi connectivity index (χ0v) is 19.6. The molecule has 8 rings (SSSR count). The van der Waals surface area contributed by atoms with Crippen molar-refractivity contribution in [3.8, 4) is 11.5 Å². The van der Waals surface area contributed by atoms with E-state index in [1.165, 1.54) is 23.1 Å². The van der Waals surface area contributed by atoms with E-state index < -0.39 is 0 Å². The van der Waals surface area contributed by atoms with Gasteiger partial charge in [-0.25, -0.2) is 0 Å². The van der Waals surface area contributed by atoms with Crippen LogP contribution in [-0.4, -0.2) is 35.7 Å². The average molecular weight is 428 g/mol. The fourth-order valence-electron chi connectivity index (χ4n) is 8.98. The summed E-state index contributed by atoms with van der Waals surface area (Å²) in [5, 5.41) is 11.0. The van der Waals surface area contributed by atoms with Crippen LogP contribution < -0.4 is 4.74 Å². The predicted octanol–water partition coefficient (Wildman–Crippen LogP) is 5.21. The van der Waals surface area contributed by atoms with Crippen molar-refractivity contribution in [3.05, 3.63) is 71.3 Å². The number of phenols is 1. The second kappa shape index (κ2) is 5.62. The van der Waals surface area contributed by atoms with Crippen molar-refractivity contribution in [2.24, 2.45) is 16.7 Å². The number of hydrogen-bond donors (Lipinski definition) is 1. The molecule has 6 atom stereocenters. The van der Waals surface area contributed by atoms with E-state index in [0.717, 1.165) is 25.1 Å². The maximum Gasteiger partial charge on any atom is 0.165 e. The lowest BCUT2D eigenvalue weighted by Crippen LogP contribution is -2.78. The largest absolute Gasteiger partial charge is 0.504 e. The van der Waals surface area contributed by atoms with Crippen LogP contribution in [0.2, 0.25) is 0 Å². The number of piperidine rings is 1. The topological polar surface area (TPSA) is 32.7 Å². The van der Waals surface area contributed by atoms with E-state index in [1.54, 1.807) is 0 Å². The van der Waals surface area contributed by atoms with E-state index in [4.69, 9.17) is 4.74 Å². The van der Waals surface area contributed by atoms with Crippen LogP contribution in [0.1, 0.15) is 50.3 Å². The van der Waals surface area contributed by atoms with Gasteiger partial charge in [0, 0.05) is 22.4 Å². The third-order valence-corrected chi connectivity index (χ3v) is 10.1. The molecule has 0 amide bonds. The van der Waals surface area contributed by atoms with Gasteiger partial charge in [-0.3, -0.25) is 0 Å². The molecule has 32 heavy (non-hydrogen) atoms. The standard InChI is InChI=1S/C29H33NO2/c1-26(2,3)21-17-27-12-13-28(21,19-8-6-5-7-9-19)25-29(27)14-15-30(4)22(27)16-18-10-11-20(31)24(32-25)23(18)29/h5-13,21-22,25,31H,14-17H2,1-4H3/t21-,22-,25+,27-,28-,29+/m1/s1. The van der Waals surface area contributed by atoms with Crippen LogP contribution in [0.3, 0.4) is 0 Å². The molecule has 2 spiro atoms. The van der Waals surface area contributed by atoms with Crippen LogP contribution in [-0.2, 0) is 17.3 Å². The van der Waals surface area contributed by atoms with E-state index in [-0.39, 0.29) is 27.8 Å². The summed E-state index contributed by atoms with van der Waals surface area (Å²) >= 11 is 0. The molecular weight excluding hydrogens is 394 g/mol. The summed E-state index contributed by atoms with van der Waals surface area (Å²) in [6.07, 6.45) is 8.47. The number of nitrogens with zero attached hydrogens (tertiary/aromatic N) is 1. The second-order valence-corrected chi connectivity index (χ2v) is 12.2. The molecule has 1 saturated carbocycles. The van der Waals surface area contributed by atoms with E-state index in [2.05, 4.69) is 81.3 Å². The Hall–Kier alpha value is -2.26. The Morgan fingerprint density at radius 2 is 1.84 bits per heavy atom. The third-order valence-electron chi connectivity index (χ3n) is 10.1. The predicted molar refractivity (Wildman–Crippen MR) is 126 cm³/mol. The number of likely N-dealkylation sites (N-methyl/N-ethyl adjacent to an activating group) is 1. The van der Waals surface area contributed by atoms with Gasteiger partial charge in [0.1, 0.15) is 6.10 Å². The number of likely N-dealkylation sites (tertiary alicyclic amines) is 1. The molecule has 0 radical (unpaired) electrons. The molecule has 1 N–H and O–H groups in total. The number of phenolic OH excluding ortho intramolecular Hbond substituents is 1. The highest BCUT2D eigenvalue weighted by Crippen LogP contribution is 2.77. The lowest BCUT2D eigenvalue weighted by atomic mass is 9.32. The molecule has 2 heterocycles. The van der Waals surface area contributed by atoms with Gasteiger partial charge in [-0.1, -0.05) is 69.3 Å². The minimum Gasteiger partial charge on any atom is -0.504 e. The van der Waals surface area contributed by atoms with E-state index in [9.17, 15) is 5.11 Å². The Morgan fingerprint density at radius 1 is 1.06 bits per heavy atom. The zero-order chi connectivity index (χ0) is 22.1. The molecule has 166 valence electrons. The van der Waals surface area contributed by atoms with E-state index in [0.29, 0.717) is 17.7 Å². The molecule has 0 unspecified atom stereocenters. The summed E-state index contributed by atoms with van der Waals surface area (Å²) in [5.74, 6) is 1.54. The first-order valence-electron chi connectivity index (χ1n) is 12.2. The van der Waals surface area contributed by atoms with Crippen molar-refractivity contribution in [3.63, 3.8) is 0 Å². The number of rotatable bonds is 1. The summed E-state index contributed by atoms with van der Waals surface area (Å²) in [7, 11) is 2.32. The van der Waals surface area contributed by atoms with Crippen molar-refractivity contribution in [2.75, 3.05) is 13.6 Å². The molecule has 2 fully saturated rings. The van der Waals surface area contributed by atoms with Gasteiger partial charge in [0.25, 0.3) is 0 Å². The second-order valence-electron chi connectivity index (χ2n) is 12.2. The quantitative estimate of drug-likeness (QED) is 0.634. The van der Waals surface area contributed by atoms with Gasteiger partial charge in [-0.15, -0.1) is 0 Å². The summed E-state index contributed by atoms with van der Waals surface area (Å²) in [6.45, 7) is 8.31. The minimum absolute atomic E-state index is 0.0129. The SMILES string of the molecule is CN1CC[C@]23c4c5ccc(O)c4O[C@H]2[C@@]2(c4ccccc4)C=C[C@@]3(C[C@@H]2C(C)(C)C)[C@H]1C5. The van der Waals surface area contributed by atoms with E-state index in [1.807, 2.05) is 6.07 Å². The van der Waals surface area contributed by atoms with Gasteiger partial charge < -0.3 is 14.7 Å². The summed E-state index contributed by atoms with van der Waals surface area (Å²) < 4.78 is 7.04. The van der Waals surface area contributed by atoms with Crippen LogP contribution in [0.15, 0.2) is 54.6 Å². The maximum atomic E-state index is 11.0. The Morgan fingerprint density at radius 3 is 2.59 bits per heavy atom. The van der Waals surface area contributed by atoms with Gasteiger partial charge in [-0.05, 0) is 61.4 Å². The lowest BCUT2D eigenvalue weighted by Gasteiger charge is -2.73. The van der Waals surface area contributed by atoms with E-state index >= 15 is 0 Å². The number of hydrogen-bond acceptors (Lipinski definition) is 3. The number of ether oxygens (including phenoxy) is 1. The molecule has 3 nitrogen and oxygen atoms in total. The first kappa shape index (κ1) is 19.2. The maximum absolute atomic E-state index is 11.0. The average Bonchev–Trinajstić information content (AvgIpc) is 3.15. The molecular formula is C29H33NO2. The van der Waals surface area contributed by atoms with Crippen molar-refractivity contribution >= 4 is 0 Å². The van der Waals surface area contributed by atoms with Gasteiger partial charge in [0.05, 0.1) is 5.41 Å². The Kier molecular flexibility index (Phi) is 3.38. The molecule has 0 aromatic heterocycles. The molecule has 2 aromatic carbocycles. The first-order chi connectivity index (χ1) is 15.3. The van der Waals surface area contributed by atoms with Crippen LogP contribution in [0, 0.1) is 16.7 Å². The third kappa shape index (κ3) is 1.84. The normalized spacial score (nSPS) is 40.8. The number of fused-ring (bicyclic) bond motifs is 1. The van der Waals surface area contributed by atoms with Crippen LogP contribution in [0.5, 0.6) is 11.5 Å². The molecule has 3 heteroatoms. The molecule has 2 aromatic rings. The van der Waals surface area contributed by atoms with Crippen molar-refractivity contribution in [2.45, 2.75) is 63.0 Å². The smallest absolute Gasteiger partial charge is 0.165 e. The fourth-order valence-corrected chi connectivity index (χ4v) is 8.98. The molecule has 4 aliphatic carbocycles. The Bertz CT molecular complexity index is 1160. The van der Waals surface area contributed by atoms with Gasteiger partial charge in [0.15, 0.2) is 11.5 Å². The van der Waals surface area contributed by atoms with Crippen molar-refractivity contribution in [1.82, 2.24) is 4.90 Å².